The zero-order chi connectivity index (χ0) is 22.3. The molecule has 0 spiro atoms. The molecule has 0 fully saturated rings. The number of hydrogen-bond acceptors (Lipinski definition) is 6. The molecule has 0 aliphatic rings. The Kier molecular flexibility index (Phi) is 8.43. The van der Waals surface area contributed by atoms with Gasteiger partial charge in [-0.2, -0.15) is 0 Å². The maximum Gasteiger partial charge on any atom is 0.329 e. The summed E-state index contributed by atoms with van der Waals surface area (Å²) in [5.74, 6) is -0.927. The van der Waals surface area contributed by atoms with Crippen LogP contribution in [-0.2, 0) is 26.0 Å². The Balaban J connectivity index is 2.15. The number of rotatable bonds is 9. The Morgan fingerprint density at radius 2 is 1.87 bits per heavy atom. The number of amides is 1. The van der Waals surface area contributed by atoms with E-state index in [1.807, 2.05) is 19.1 Å². The van der Waals surface area contributed by atoms with E-state index in [0.717, 1.165) is 11.8 Å². The standard InChI is InChI=1S/C21H24BrNO6S/c1-14-8-9-19(28-2)15(12-14)13-29-21(25)18(10-11-30(3,26)27)23-20(24)16-6-4-5-7-17(16)22/h4-9,12,18H,10-11,13H2,1-3H3,(H,23,24). The fourth-order valence-corrected chi connectivity index (χ4v) is 3.86. The van der Waals surface area contributed by atoms with Crippen molar-refractivity contribution in [2.24, 2.45) is 0 Å². The number of ether oxygens (including phenoxy) is 2. The number of carbonyl (C=O) groups excluding carboxylic acids is 2. The van der Waals surface area contributed by atoms with Gasteiger partial charge in [0.25, 0.3) is 5.91 Å². The molecule has 1 amide bonds. The van der Waals surface area contributed by atoms with Crippen molar-refractivity contribution < 1.29 is 27.5 Å². The molecule has 0 aliphatic carbocycles. The third-order valence-corrected chi connectivity index (χ3v) is 5.96. The molecule has 0 saturated heterocycles. The highest BCUT2D eigenvalue weighted by atomic mass is 79.9. The van der Waals surface area contributed by atoms with Gasteiger partial charge < -0.3 is 14.8 Å². The average Bonchev–Trinajstić information content (AvgIpc) is 2.68. The van der Waals surface area contributed by atoms with Crippen LogP contribution in [0, 0.1) is 6.92 Å². The maximum atomic E-state index is 12.7. The van der Waals surface area contributed by atoms with E-state index in [9.17, 15) is 18.0 Å². The van der Waals surface area contributed by atoms with Crippen LogP contribution in [-0.4, -0.2) is 45.5 Å². The van der Waals surface area contributed by atoms with Crippen molar-refractivity contribution >= 4 is 37.6 Å². The van der Waals surface area contributed by atoms with Gasteiger partial charge in [0.1, 0.15) is 28.2 Å². The summed E-state index contributed by atoms with van der Waals surface area (Å²) >= 11 is 3.29. The molecule has 2 aromatic rings. The first-order valence-electron chi connectivity index (χ1n) is 9.14. The Morgan fingerprint density at radius 3 is 2.50 bits per heavy atom. The highest BCUT2D eigenvalue weighted by molar-refractivity contribution is 9.10. The lowest BCUT2D eigenvalue weighted by Gasteiger charge is -2.18. The summed E-state index contributed by atoms with van der Waals surface area (Å²) in [4.78, 5) is 25.3. The van der Waals surface area contributed by atoms with Crippen molar-refractivity contribution in [2.75, 3.05) is 19.1 Å². The zero-order valence-electron chi connectivity index (χ0n) is 17.0. The number of benzene rings is 2. The van der Waals surface area contributed by atoms with E-state index in [1.54, 1.807) is 30.3 Å². The van der Waals surface area contributed by atoms with Crippen molar-refractivity contribution in [1.29, 1.82) is 0 Å². The third-order valence-electron chi connectivity index (χ3n) is 4.29. The zero-order valence-corrected chi connectivity index (χ0v) is 19.4. The number of esters is 1. The highest BCUT2D eigenvalue weighted by Gasteiger charge is 2.25. The van der Waals surface area contributed by atoms with Crippen molar-refractivity contribution in [2.45, 2.75) is 26.0 Å². The molecule has 0 heterocycles. The van der Waals surface area contributed by atoms with E-state index >= 15 is 0 Å². The van der Waals surface area contributed by atoms with Crippen molar-refractivity contribution in [3.63, 3.8) is 0 Å². The molecule has 0 aliphatic heterocycles. The van der Waals surface area contributed by atoms with Crippen LogP contribution in [0.1, 0.15) is 27.9 Å². The number of hydrogen-bond donors (Lipinski definition) is 1. The Morgan fingerprint density at radius 1 is 1.17 bits per heavy atom. The van der Waals surface area contributed by atoms with Gasteiger partial charge in [-0.15, -0.1) is 0 Å². The molecule has 0 radical (unpaired) electrons. The molecule has 0 saturated carbocycles. The van der Waals surface area contributed by atoms with Gasteiger partial charge in [0.15, 0.2) is 0 Å². The number of methoxy groups -OCH3 is 1. The monoisotopic (exact) mass is 497 g/mol. The smallest absolute Gasteiger partial charge is 0.329 e. The van der Waals surface area contributed by atoms with E-state index in [-0.39, 0.29) is 18.8 Å². The van der Waals surface area contributed by atoms with Gasteiger partial charge in [-0.3, -0.25) is 4.79 Å². The third kappa shape index (κ3) is 7.14. The number of halogens is 1. The Labute approximate surface area is 184 Å². The van der Waals surface area contributed by atoms with E-state index in [2.05, 4.69) is 21.2 Å². The SMILES string of the molecule is COc1ccc(C)cc1COC(=O)C(CCS(C)(=O)=O)NC(=O)c1ccccc1Br. The summed E-state index contributed by atoms with van der Waals surface area (Å²) in [6.45, 7) is 1.83. The Bertz CT molecular complexity index is 1020. The van der Waals surface area contributed by atoms with Gasteiger partial charge in [-0.05, 0) is 53.5 Å². The van der Waals surface area contributed by atoms with Gasteiger partial charge in [-0.1, -0.05) is 23.8 Å². The first-order valence-corrected chi connectivity index (χ1v) is 12.0. The summed E-state index contributed by atoms with van der Waals surface area (Å²) in [6.07, 6.45) is 0.974. The summed E-state index contributed by atoms with van der Waals surface area (Å²) < 4.78 is 34.4. The fourth-order valence-electron chi connectivity index (χ4n) is 2.73. The molecule has 2 aromatic carbocycles. The van der Waals surface area contributed by atoms with Gasteiger partial charge in [0.05, 0.1) is 18.4 Å². The lowest BCUT2D eigenvalue weighted by molar-refractivity contribution is -0.147. The topological polar surface area (TPSA) is 98.8 Å². The number of nitrogens with one attached hydrogen (secondary N) is 1. The number of carbonyl (C=O) groups is 2. The van der Waals surface area contributed by atoms with Gasteiger partial charge in [0, 0.05) is 16.3 Å². The van der Waals surface area contributed by atoms with Gasteiger partial charge in [-0.25, -0.2) is 13.2 Å². The lowest BCUT2D eigenvalue weighted by atomic mass is 10.1. The Hall–Kier alpha value is -2.39. The van der Waals surface area contributed by atoms with E-state index in [1.165, 1.54) is 7.11 Å². The summed E-state index contributed by atoms with van der Waals surface area (Å²) in [6, 6.07) is 11.1. The number of sulfone groups is 1. The maximum absolute atomic E-state index is 12.7. The first-order chi connectivity index (χ1) is 14.1. The van der Waals surface area contributed by atoms with Crippen LogP contribution in [0.2, 0.25) is 0 Å². The highest BCUT2D eigenvalue weighted by Crippen LogP contribution is 2.21. The average molecular weight is 498 g/mol. The van der Waals surface area contributed by atoms with Crippen molar-refractivity contribution in [3.05, 3.63) is 63.6 Å². The molecular formula is C21H24BrNO6S. The normalized spacial score (nSPS) is 12.1. The quantitative estimate of drug-likeness (QED) is 0.534. The summed E-state index contributed by atoms with van der Waals surface area (Å²) in [5, 5.41) is 2.58. The van der Waals surface area contributed by atoms with Crippen LogP contribution in [0.5, 0.6) is 5.75 Å². The van der Waals surface area contributed by atoms with Crippen molar-refractivity contribution in [3.8, 4) is 5.75 Å². The van der Waals surface area contributed by atoms with Gasteiger partial charge in [0.2, 0.25) is 0 Å². The second kappa shape index (κ2) is 10.6. The predicted octanol–water partition coefficient (Wildman–Crippen LogP) is 3.04. The molecule has 30 heavy (non-hydrogen) atoms. The second-order valence-electron chi connectivity index (χ2n) is 6.85. The molecule has 162 valence electrons. The molecule has 0 bridgehead atoms. The molecule has 0 aromatic heterocycles. The molecular weight excluding hydrogens is 474 g/mol. The van der Waals surface area contributed by atoms with E-state index < -0.39 is 27.8 Å². The van der Waals surface area contributed by atoms with Crippen LogP contribution < -0.4 is 10.1 Å². The minimum absolute atomic E-state index is 0.0655. The van der Waals surface area contributed by atoms with Crippen molar-refractivity contribution in [1.82, 2.24) is 5.32 Å². The molecule has 1 atom stereocenters. The van der Waals surface area contributed by atoms with Crippen LogP contribution in [0.15, 0.2) is 46.9 Å². The minimum Gasteiger partial charge on any atom is -0.496 e. The first kappa shape index (κ1) is 23.9. The molecule has 9 heteroatoms. The number of aryl methyl sites for hydroxylation is 1. The van der Waals surface area contributed by atoms with Crippen LogP contribution in [0.3, 0.4) is 0 Å². The predicted molar refractivity (Wildman–Crippen MR) is 117 cm³/mol. The molecule has 1 unspecified atom stereocenters. The van der Waals surface area contributed by atoms with Gasteiger partial charge >= 0.3 is 5.97 Å². The van der Waals surface area contributed by atoms with Crippen LogP contribution in [0.4, 0.5) is 0 Å². The van der Waals surface area contributed by atoms with Crippen LogP contribution in [0.25, 0.3) is 0 Å². The summed E-state index contributed by atoms with van der Waals surface area (Å²) in [5.41, 5.74) is 1.97. The fraction of sp³-hybridized carbons (Fsp3) is 0.333. The summed E-state index contributed by atoms with van der Waals surface area (Å²) in [7, 11) is -1.82. The molecule has 2 rings (SSSR count). The molecule has 1 N–H and O–H groups in total. The lowest BCUT2D eigenvalue weighted by Crippen LogP contribution is -2.43. The van der Waals surface area contributed by atoms with E-state index in [0.29, 0.717) is 21.3 Å². The molecule has 7 nitrogen and oxygen atoms in total. The largest absolute Gasteiger partial charge is 0.496 e. The second-order valence-corrected chi connectivity index (χ2v) is 9.96. The van der Waals surface area contributed by atoms with Crippen LogP contribution >= 0.6 is 15.9 Å². The van der Waals surface area contributed by atoms with E-state index in [4.69, 9.17) is 9.47 Å². The minimum atomic E-state index is -3.33.